The first kappa shape index (κ1) is 22.1. The molecule has 0 spiro atoms. The van der Waals surface area contributed by atoms with Crippen molar-refractivity contribution in [3.63, 3.8) is 0 Å². The Balaban J connectivity index is 0.00000261. The van der Waals surface area contributed by atoms with E-state index in [9.17, 15) is 17.6 Å². The molecule has 6 nitrogen and oxygen atoms in total. The molecule has 0 saturated carbocycles. The third-order valence-corrected chi connectivity index (χ3v) is 6.51. The van der Waals surface area contributed by atoms with Crippen molar-refractivity contribution in [3.8, 4) is 0 Å². The van der Waals surface area contributed by atoms with Crippen LogP contribution in [0.3, 0.4) is 0 Å². The van der Waals surface area contributed by atoms with Gasteiger partial charge in [0.2, 0.25) is 15.9 Å². The normalized spacial score (nSPS) is 22.3. The second-order valence-corrected chi connectivity index (χ2v) is 9.14. The van der Waals surface area contributed by atoms with Crippen molar-refractivity contribution in [1.29, 1.82) is 0 Å². The van der Waals surface area contributed by atoms with Crippen molar-refractivity contribution in [2.45, 2.75) is 19.4 Å². The van der Waals surface area contributed by atoms with Gasteiger partial charge in [0.05, 0.1) is 12.2 Å². The monoisotopic (exact) mass is 419 g/mol. The standard InChI is InChI=1S/C18H26FN3O3S.ClH/c1-26(24,25)22-8-4-6-16(14-22)18(23)21-11-9-20(10-12-21)13-15-5-2-3-7-17(15)19;/h2-3,5,7,16H,4,6,8-14H2,1H3;1H. The number of hydrogen-bond donors (Lipinski definition) is 0. The van der Waals surface area contributed by atoms with Gasteiger partial charge in [-0.3, -0.25) is 9.69 Å². The van der Waals surface area contributed by atoms with Crippen molar-refractivity contribution >= 4 is 28.3 Å². The van der Waals surface area contributed by atoms with Gasteiger partial charge < -0.3 is 4.90 Å². The number of hydrogen-bond acceptors (Lipinski definition) is 4. The number of amides is 1. The van der Waals surface area contributed by atoms with Gasteiger partial charge in [-0.15, -0.1) is 12.4 Å². The van der Waals surface area contributed by atoms with Crippen LogP contribution in [0, 0.1) is 11.7 Å². The van der Waals surface area contributed by atoms with Crippen molar-refractivity contribution in [1.82, 2.24) is 14.1 Å². The molecular formula is C18H27ClFN3O3S. The topological polar surface area (TPSA) is 60.9 Å². The smallest absolute Gasteiger partial charge is 0.227 e. The van der Waals surface area contributed by atoms with Gasteiger partial charge in [-0.25, -0.2) is 17.1 Å². The third kappa shape index (κ3) is 5.63. The number of nitrogens with zero attached hydrogens (tertiary/aromatic N) is 3. The average molecular weight is 420 g/mol. The zero-order valence-electron chi connectivity index (χ0n) is 15.5. The third-order valence-electron chi connectivity index (χ3n) is 5.24. The maximum absolute atomic E-state index is 13.8. The van der Waals surface area contributed by atoms with E-state index in [-0.39, 0.29) is 36.6 Å². The van der Waals surface area contributed by atoms with E-state index in [1.807, 2.05) is 11.0 Å². The molecule has 2 heterocycles. The van der Waals surface area contributed by atoms with Gasteiger partial charge in [0.25, 0.3) is 0 Å². The highest BCUT2D eigenvalue weighted by molar-refractivity contribution is 7.88. The molecule has 0 aliphatic carbocycles. The number of rotatable bonds is 4. The van der Waals surface area contributed by atoms with E-state index in [4.69, 9.17) is 0 Å². The minimum Gasteiger partial charge on any atom is -0.340 e. The maximum atomic E-state index is 13.8. The fraction of sp³-hybridized carbons (Fsp3) is 0.611. The highest BCUT2D eigenvalue weighted by Gasteiger charge is 2.33. The molecule has 2 saturated heterocycles. The highest BCUT2D eigenvalue weighted by Crippen LogP contribution is 2.22. The summed E-state index contributed by atoms with van der Waals surface area (Å²) >= 11 is 0. The van der Waals surface area contributed by atoms with E-state index >= 15 is 0 Å². The number of sulfonamides is 1. The molecule has 1 amide bonds. The van der Waals surface area contributed by atoms with Gasteiger partial charge in [0.15, 0.2) is 0 Å². The summed E-state index contributed by atoms with van der Waals surface area (Å²) < 4.78 is 38.7. The van der Waals surface area contributed by atoms with Gasteiger partial charge in [-0.1, -0.05) is 18.2 Å². The van der Waals surface area contributed by atoms with Crippen LogP contribution in [-0.4, -0.2) is 74.0 Å². The summed E-state index contributed by atoms with van der Waals surface area (Å²) in [6, 6.07) is 6.76. The van der Waals surface area contributed by atoms with Crippen molar-refractivity contribution < 1.29 is 17.6 Å². The van der Waals surface area contributed by atoms with Crippen LogP contribution in [0.25, 0.3) is 0 Å². The van der Waals surface area contributed by atoms with E-state index in [2.05, 4.69) is 4.90 Å². The molecule has 0 N–H and O–H groups in total. The van der Waals surface area contributed by atoms with Gasteiger partial charge in [-0.2, -0.15) is 0 Å². The van der Waals surface area contributed by atoms with Crippen molar-refractivity contribution in [2.75, 3.05) is 45.5 Å². The second kappa shape index (κ2) is 9.32. The molecule has 152 valence electrons. The Morgan fingerprint density at radius 2 is 1.81 bits per heavy atom. The summed E-state index contributed by atoms with van der Waals surface area (Å²) in [6.45, 7) is 3.92. The summed E-state index contributed by atoms with van der Waals surface area (Å²) in [5.41, 5.74) is 0.670. The zero-order chi connectivity index (χ0) is 18.7. The molecule has 1 unspecified atom stereocenters. The van der Waals surface area contributed by atoms with Crippen molar-refractivity contribution in [3.05, 3.63) is 35.6 Å². The molecular weight excluding hydrogens is 393 g/mol. The minimum atomic E-state index is -3.25. The fourth-order valence-corrected chi connectivity index (χ4v) is 4.61. The van der Waals surface area contributed by atoms with Crippen LogP contribution in [0.4, 0.5) is 4.39 Å². The highest BCUT2D eigenvalue weighted by atomic mass is 35.5. The molecule has 1 aromatic rings. The minimum absolute atomic E-state index is 0. The van der Waals surface area contributed by atoms with E-state index in [0.717, 1.165) is 12.8 Å². The predicted molar refractivity (Wildman–Crippen MR) is 105 cm³/mol. The Morgan fingerprint density at radius 1 is 1.15 bits per heavy atom. The molecule has 0 bridgehead atoms. The Kier molecular flexibility index (Phi) is 7.62. The van der Waals surface area contributed by atoms with Crippen LogP contribution in [0.2, 0.25) is 0 Å². The lowest BCUT2D eigenvalue weighted by Gasteiger charge is -2.38. The fourth-order valence-electron chi connectivity index (χ4n) is 3.70. The largest absolute Gasteiger partial charge is 0.340 e. The summed E-state index contributed by atoms with van der Waals surface area (Å²) in [7, 11) is -3.25. The molecule has 1 atom stereocenters. The summed E-state index contributed by atoms with van der Waals surface area (Å²) in [5.74, 6) is -0.408. The Bertz CT molecular complexity index is 754. The van der Waals surface area contributed by atoms with Crippen LogP contribution in [0.5, 0.6) is 0 Å². The first-order valence-electron chi connectivity index (χ1n) is 9.04. The van der Waals surface area contributed by atoms with Crippen LogP contribution >= 0.6 is 12.4 Å². The Labute approximate surface area is 166 Å². The van der Waals surface area contributed by atoms with Crippen LogP contribution < -0.4 is 0 Å². The molecule has 1 aromatic carbocycles. The lowest BCUT2D eigenvalue weighted by Crippen LogP contribution is -2.52. The number of piperazine rings is 1. The number of carbonyl (C=O) groups is 1. The lowest BCUT2D eigenvalue weighted by atomic mass is 9.97. The molecule has 2 fully saturated rings. The molecule has 3 rings (SSSR count). The predicted octanol–water partition coefficient (Wildman–Crippen LogP) is 1.56. The van der Waals surface area contributed by atoms with Crippen LogP contribution in [0.1, 0.15) is 18.4 Å². The Hall–Kier alpha value is -1.22. The van der Waals surface area contributed by atoms with Gasteiger partial charge in [0, 0.05) is 51.4 Å². The first-order chi connectivity index (χ1) is 12.3. The van der Waals surface area contributed by atoms with Gasteiger partial charge >= 0.3 is 0 Å². The molecule has 0 radical (unpaired) electrons. The molecule has 0 aromatic heterocycles. The SMILES string of the molecule is CS(=O)(=O)N1CCCC(C(=O)N2CCN(Cc3ccccc3F)CC2)C1.Cl. The van der Waals surface area contributed by atoms with Crippen LogP contribution in [0.15, 0.2) is 24.3 Å². The first-order valence-corrected chi connectivity index (χ1v) is 10.9. The van der Waals surface area contributed by atoms with E-state index in [0.29, 0.717) is 44.8 Å². The maximum Gasteiger partial charge on any atom is 0.227 e. The quantitative estimate of drug-likeness (QED) is 0.743. The summed E-state index contributed by atoms with van der Waals surface area (Å²) in [6.07, 6.45) is 2.65. The summed E-state index contributed by atoms with van der Waals surface area (Å²) in [5, 5.41) is 0. The molecule has 9 heteroatoms. The van der Waals surface area contributed by atoms with E-state index in [1.54, 1.807) is 12.1 Å². The van der Waals surface area contributed by atoms with Crippen LogP contribution in [-0.2, 0) is 21.4 Å². The van der Waals surface area contributed by atoms with Crippen molar-refractivity contribution in [2.24, 2.45) is 5.92 Å². The number of benzene rings is 1. The molecule has 27 heavy (non-hydrogen) atoms. The van der Waals surface area contributed by atoms with E-state index in [1.165, 1.54) is 16.6 Å². The number of carbonyl (C=O) groups excluding carboxylic acids is 1. The lowest BCUT2D eigenvalue weighted by molar-refractivity contribution is -0.138. The molecule has 2 aliphatic rings. The van der Waals surface area contributed by atoms with Gasteiger partial charge in [0.1, 0.15) is 5.82 Å². The number of halogens is 2. The number of piperidine rings is 1. The van der Waals surface area contributed by atoms with E-state index < -0.39 is 10.0 Å². The summed E-state index contributed by atoms with van der Waals surface area (Å²) in [4.78, 5) is 16.7. The zero-order valence-corrected chi connectivity index (χ0v) is 17.1. The molecule has 2 aliphatic heterocycles. The Morgan fingerprint density at radius 3 is 2.44 bits per heavy atom. The van der Waals surface area contributed by atoms with Gasteiger partial charge in [-0.05, 0) is 18.9 Å². The second-order valence-electron chi connectivity index (χ2n) is 7.15. The average Bonchev–Trinajstić information content (AvgIpc) is 2.63.